The number of benzene rings is 2. The second-order valence-corrected chi connectivity index (χ2v) is 4.65. The molecule has 0 saturated heterocycles. The molecular formula is C19H18N2. The summed E-state index contributed by atoms with van der Waals surface area (Å²) in [5.74, 6) is 0. The molecule has 104 valence electrons. The Hall–Kier alpha value is -2.61. The van der Waals surface area contributed by atoms with E-state index in [4.69, 9.17) is 0 Å². The molecule has 0 spiro atoms. The summed E-state index contributed by atoms with van der Waals surface area (Å²) in [4.78, 5) is 7.85. The average molecular weight is 274 g/mol. The zero-order valence-corrected chi connectivity index (χ0v) is 12.3. The third-order valence-corrected chi connectivity index (χ3v) is 3.47. The third-order valence-electron chi connectivity index (χ3n) is 3.47. The average Bonchev–Trinajstić information content (AvgIpc) is 2.95. The fraction of sp³-hybridized carbons (Fsp3) is 0.105. The largest absolute Gasteiger partial charge is 0.355 e. The van der Waals surface area contributed by atoms with Crippen molar-refractivity contribution in [1.29, 1.82) is 0 Å². The molecule has 0 saturated carbocycles. The van der Waals surface area contributed by atoms with Crippen LogP contribution in [0.3, 0.4) is 0 Å². The molecule has 2 heterocycles. The molecular weight excluding hydrogens is 256 g/mol. The summed E-state index contributed by atoms with van der Waals surface area (Å²) in [6.45, 7) is 4.00. The van der Waals surface area contributed by atoms with Gasteiger partial charge in [0.15, 0.2) is 0 Å². The van der Waals surface area contributed by atoms with E-state index in [1.165, 1.54) is 21.8 Å². The first kappa shape index (κ1) is 13.4. The van der Waals surface area contributed by atoms with E-state index >= 15 is 0 Å². The number of fused-ring (bicyclic) bond motifs is 3. The summed E-state index contributed by atoms with van der Waals surface area (Å²) in [6.07, 6.45) is 1.83. The van der Waals surface area contributed by atoms with Crippen molar-refractivity contribution >= 4 is 21.8 Å². The van der Waals surface area contributed by atoms with E-state index in [1.807, 2.05) is 38.2 Å². The fourth-order valence-corrected chi connectivity index (χ4v) is 2.54. The standard InChI is InChI=1S/C17H12N2.C2H6/c1-2-7-16-13(5-1)14-11-12(8-9-17(14)19-16)15-6-3-4-10-18-15;1-2/h1-11,19H;1-2H3. The number of H-pyrrole nitrogens is 1. The topological polar surface area (TPSA) is 28.7 Å². The lowest BCUT2D eigenvalue weighted by Crippen LogP contribution is -1.81. The number of hydrogen-bond donors (Lipinski definition) is 1. The molecule has 0 aliphatic heterocycles. The van der Waals surface area contributed by atoms with Crippen LogP contribution < -0.4 is 0 Å². The SMILES string of the molecule is CC.c1ccc(-c2ccc3[nH]c4ccccc4c3c2)nc1. The predicted molar refractivity (Wildman–Crippen MR) is 90.4 cm³/mol. The number of aromatic amines is 1. The van der Waals surface area contributed by atoms with E-state index in [2.05, 4.69) is 52.4 Å². The minimum atomic E-state index is 1.01. The summed E-state index contributed by atoms with van der Waals surface area (Å²) in [6, 6.07) is 20.8. The van der Waals surface area contributed by atoms with Gasteiger partial charge in [-0.15, -0.1) is 0 Å². The second kappa shape index (κ2) is 5.80. The molecule has 0 bridgehead atoms. The Balaban J connectivity index is 0.000000636. The molecule has 21 heavy (non-hydrogen) atoms. The zero-order chi connectivity index (χ0) is 14.7. The van der Waals surface area contributed by atoms with Crippen molar-refractivity contribution in [3.05, 3.63) is 66.9 Å². The maximum absolute atomic E-state index is 4.41. The van der Waals surface area contributed by atoms with E-state index in [-0.39, 0.29) is 0 Å². The molecule has 0 radical (unpaired) electrons. The number of rotatable bonds is 1. The van der Waals surface area contributed by atoms with Crippen LogP contribution in [0.4, 0.5) is 0 Å². The van der Waals surface area contributed by atoms with Crippen LogP contribution in [0.5, 0.6) is 0 Å². The predicted octanol–water partition coefficient (Wildman–Crippen LogP) is 5.41. The van der Waals surface area contributed by atoms with Crippen molar-refractivity contribution in [3.63, 3.8) is 0 Å². The van der Waals surface area contributed by atoms with Gasteiger partial charge in [-0.25, -0.2) is 0 Å². The van der Waals surface area contributed by atoms with Crippen LogP contribution in [0, 0.1) is 0 Å². The van der Waals surface area contributed by atoms with E-state index in [9.17, 15) is 0 Å². The van der Waals surface area contributed by atoms with Crippen molar-refractivity contribution in [2.24, 2.45) is 0 Å². The van der Waals surface area contributed by atoms with Gasteiger partial charge < -0.3 is 4.98 Å². The lowest BCUT2D eigenvalue weighted by molar-refractivity contribution is 1.33. The van der Waals surface area contributed by atoms with E-state index in [1.54, 1.807) is 0 Å². The minimum Gasteiger partial charge on any atom is -0.355 e. The number of nitrogens with one attached hydrogen (secondary N) is 1. The van der Waals surface area contributed by atoms with Crippen LogP contribution in [0.1, 0.15) is 13.8 Å². The first-order chi connectivity index (χ1) is 10.4. The highest BCUT2D eigenvalue weighted by Crippen LogP contribution is 2.28. The van der Waals surface area contributed by atoms with Gasteiger partial charge in [0.1, 0.15) is 0 Å². The van der Waals surface area contributed by atoms with Gasteiger partial charge in [-0.05, 0) is 30.3 Å². The summed E-state index contributed by atoms with van der Waals surface area (Å²) < 4.78 is 0. The van der Waals surface area contributed by atoms with Gasteiger partial charge in [0.2, 0.25) is 0 Å². The Kier molecular flexibility index (Phi) is 3.69. The van der Waals surface area contributed by atoms with Gasteiger partial charge in [0.25, 0.3) is 0 Å². The smallest absolute Gasteiger partial charge is 0.0702 e. The maximum atomic E-state index is 4.41. The van der Waals surface area contributed by atoms with Crippen molar-refractivity contribution < 1.29 is 0 Å². The Labute approximate surface area is 124 Å². The normalized spacial score (nSPS) is 10.4. The van der Waals surface area contributed by atoms with Gasteiger partial charge in [0.05, 0.1) is 5.69 Å². The highest BCUT2D eigenvalue weighted by atomic mass is 14.7. The molecule has 0 aliphatic rings. The summed E-state index contributed by atoms with van der Waals surface area (Å²) in [7, 11) is 0. The van der Waals surface area contributed by atoms with Crippen LogP contribution in [0.15, 0.2) is 66.9 Å². The molecule has 2 heteroatoms. The fourth-order valence-electron chi connectivity index (χ4n) is 2.54. The van der Waals surface area contributed by atoms with Gasteiger partial charge in [-0.1, -0.05) is 44.2 Å². The Morgan fingerprint density at radius 2 is 1.52 bits per heavy atom. The second-order valence-electron chi connectivity index (χ2n) is 4.65. The molecule has 2 aromatic carbocycles. The number of para-hydroxylation sites is 1. The van der Waals surface area contributed by atoms with E-state index in [0.29, 0.717) is 0 Å². The van der Waals surface area contributed by atoms with Crippen molar-refractivity contribution in [3.8, 4) is 11.3 Å². The molecule has 0 fully saturated rings. The first-order valence-electron chi connectivity index (χ1n) is 7.34. The summed E-state index contributed by atoms with van der Waals surface area (Å²) in [5.41, 5.74) is 4.50. The first-order valence-corrected chi connectivity index (χ1v) is 7.34. The van der Waals surface area contributed by atoms with Gasteiger partial charge >= 0.3 is 0 Å². The van der Waals surface area contributed by atoms with Crippen LogP contribution in [-0.4, -0.2) is 9.97 Å². The Bertz CT molecular complexity index is 860. The lowest BCUT2D eigenvalue weighted by Gasteiger charge is -2.00. The zero-order valence-electron chi connectivity index (χ0n) is 12.3. The molecule has 0 unspecified atom stereocenters. The van der Waals surface area contributed by atoms with Crippen molar-refractivity contribution in [1.82, 2.24) is 9.97 Å². The van der Waals surface area contributed by atoms with E-state index < -0.39 is 0 Å². The third kappa shape index (κ3) is 2.40. The Morgan fingerprint density at radius 3 is 2.33 bits per heavy atom. The minimum absolute atomic E-state index is 1.01. The highest BCUT2D eigenvalue weighted by molar-refractivity contribution is 6.08. The van der Waals surface area contributed by atoms with Crippen LogP contribution in [-0.2, 0) is 0 Å². The number of pyridine rings is 1. The molecule has 4 aromatic rings. The summed E-state index contributed by atoms with van der Waals surface area (Å²) >= 11 is 0. The quantitative estimate of drug-likeness (QED) is 0.494. The van der Waals surface area contributed by atoms with Gasteiger partial charge in [0, 0.05) is 33.6 Å². The van der Waals surface area contributed by atoms with Crippen molar-refractivity contribution in [2.45, 2.75) is 13.8 Å². The molecule has 2 aromatic heterocycles. The van der Waals surface area contributed by atoms with Crippen LogP contribution in [0.25, 0.3) is 33.1 Å². The number of nitrogens with zero attached hydrogens (tertiary/aromatic N) is 1. The molecule has 0 amide bonds. The molecule has 0 aliphatic carbocycles. The van der Waals surface area contributed by atoms with Gasteiger partial charge in [-0.3, -0.25) is 4.98 Å². The Morgan fingerprint density at radius 1 is 0.762 bits per heavy atom. The molecule has 1 N–H and O–H groups in total. The summed E-state index contributed by atoms with van der Waals surface area (Å²) in [5, 5.41) is 2.51. The van der Waals surface area contributed by atoms with E-state index in [0.717, 1.165) is 11.3 Å². The van der Waals surface area contributed by atoms with Gasteiger partial charge in [-0.2, -0.15) is 0 Å². The maximum Gasteiger partial charge on any atom is 0.0702 e. The van der Waals surface area contributed by atoms with Crippen LogP contribution in [0.2, 0.25) is 0 Å². The monoisotopic (exact) mass is 274 g/mol. The highest BCUT2D eigenvalue weighted by Gasteiger charge is 2.05. The lowest BCUT2D eigenvalue weighted by atomic mass is 10.1. The number of aromatic nitrogens is 2. The molecule has 4 rings (SSSR count). The van der Waals surface area contributed by atoms with Crippen molar-refractivity contribution in [2.75, 3.05) is 0 Å². The number of hydrogen-bond acceptors (Lipinski definition) is 1. The van der Waals surface area contributed by atoms with Crippen LogP contribution >= 0.6 is 0 Å². The molecule has 0 atom stereocenters. The molecule has 2 nitrogen and oxygen atoms in total.